The Bertz CT molecular complexity index is 560. The number of hydrogen-bond donors (Lipinski definition) is 1. The van der Waals surface area contributed by atoms with Crippen LogP contribution in [0.2, 0.25) is 5.02 Å². The number of nitrogens with zero attached hydrogens (tertiary/aromatic N) is 1. The summed E-state index contributed by atoms with van der Waals surface area (Å²) in [4.78, 5) is 4.27. The third-order valence-electron chi connectivity index (χ3n) is 3.30. The van der Waals surface area contributed by atoms with Gasteiger partial charge in [0, 0.05) is 29.4 Å². The molecule has 1 unspecified atom stereocenters. The molecule has 1 aromatic carbocycles. The number of aromatic nitrogens is 1. The topological polar surface area (TPSA) is 34.1 Å². The Hall–Kier alpha value is -1.58. The van der Waals surface area contributed by atoms with Gasteiger partial charge in [-0.2, -0.15) is 0 Å². The van der Waals surface area contributed by atoms with Crippen molar-refractivity contribution in [2.75, 3.05) is 13.2 Å². The van der Waals surface area contributed by atoms with E-state index in [4.69, 9.17) is 16.3 Å². The van der Waals surface area contributed by atoms with Crippen molar-refractivity contribution in [1.29, 1.82) is 0 Å². The summed E-state index contributed by atoms with van der Waals surface area (Å²) in [7, 11) is 0. The van der Waals surface area contributed by atoms with Crippen LogP contribution in [-0.4, -0.2) is 18.1 Å². The van der Waals surface area contributed by atoms with Gasteiger partial charge in [0.05, 0.1) is 6.61 Å². The predicted molar refractivity (Wildman–Crippen MR) is 87.0 cm³/mol. The fourth-order valence-corrected chi connectivity index (χ4v) is 2.52. The van der Waals surface area contributed by atoms with Crippen molar-refractivity contribution >= 4 is 11.6 Å². The molecule has 0 radical (unpaired) electrons. The van der Waals surface area contributed by atoms with Crippen molar-refractivity contribution in [3.63, 3.8) is 0 Å². The maximum absolute atomic E-state index is 6.32. The van der Waals surface area contributed by atoms with E-state index in [2.05, 4.69) is 24.1 Å². The van der Waals surface area contributed by atoms with Crippen LogP contribution < -0.4 is 10.1 Å². The van der Waals surface area contributed by atoms with E-state index < -0.39 is 0 Å². The smallest absolute Gasteiger partial charge is 0.120 e. The lowest BCUT2D eigenvalue weighted by Crippen LogP contribution is -2.18. The molecule has 0 saturated heterocycles. The number of rotatable bonds is 7. The molecule has 0 aliphatic rings. The highest BCUT2D eigenvalue weighted by atomic mass is 35.5. The third-order valence-corrected chi connectivity index (χ3v) is 3.63. The molecule has 0 aliphatic heterocycles. The lowest BCUT2D eigenvalue weighted by atomic mass is 10.1. The van der Waals surface area contributed by atoms with E-state index in [9.17, 15) is 0 Å². The van der Waals surface area contributed by atoms with E-state index in [1.54, 1.807) is 6.20 Å². The number of hydrogen-bond acceptors (Lipinski definition) is 3. The predicted octanol–water partition coefficient (Wildman–Crippen LogP) is 4.03. The van der Waals surface area contributed by atoms with Crippen molar-refractivity contribution in [2.45, 2.75) is 26.3 Å². The number of nitrogens with one attached hydrogen (secondary N) is 1. The van der Waals surface area contributed by atoms with Gasteiger partial charge in [0.2, 0.25) is 0 Å². The molecule has 1 aromatic heterocycles. The summed E-state index contributed by atoms with van der Waals surface area (Å²) in [5.41, 5.74) is 2.12. The monoisotopic (exact) mass is 304 g/mol. The molecule has 1 atom stereocenters. The first-order valence-electron chi connectivity index (χ1n) is 7.26. The van der Waals surface area contributed by atoms with Gasteiger partial charge in [-0.15, -0.1) is 0 Å². The Morgan fingerprint density at radius 2 is 2.14 bits per heavy atom. The Morgan fingerprint density at radius 1 is 1.29 bits per heavy atom. The average Bonchev–Trinajstić information content (AvgIpc) is 2.48. The van der Waals surface area contributed by atoms with Crippen LogP contribution in [0.3, 0.4) is 0 Å². The fourth-order valence-electron chi connectivity index (χ4n) is 2.18. The molecule has 0 amide bonds. The van der Waals surface area contributed by atoms with Gasteiger partial charge >= 0.3 is 0 Å². The van der Waals surface area contributed by atoms with Crippen LogP contribution in [0, 0.1) is 0 Å². The van der Waals surface area contributed by atoms with Gasteiger partial charge in [0.1, 0.15) is 5.75 Å². The Balaban J connectivity index is 1.91. The molecule has 1 heterocycles. The molecule has 3 nitrogen and oxygen atoms in total. The van der Waals surface area contributed by atoms with Crippen LogP contribution in [0.4, 0.5) is 0 Å². The number of halogens is 1. The molecule has 0 spiro atoms. The van der Waals surface area contributed by atoms with Crippen LogP contribution in [0.1, 0.15) is 31.1 Å². The molecule has 4 heteroatoms. The van der Waals surface area contributed by atoms with E-state index in [0.29, 0.717) is 6.61 Å². The van der Waals surface area contributed by atoms with Gasteiger partial charge in [-0.05, 0) is 43.3 Å². The molecule has 0 saturated carbocycles. The number of ether oxygens (including phenoxy) is 1. The normalized spacial score (nSPS) is 12.1. The zero-order valence-electron chi connectivity index (χ0n) is 12.5. The summed E-state index contributed by atoms with van der Waals surface area (Å²) in [5, 5.41) is 4.09. The van der Waals surface area contributed by atoms with Crippen molar-refractivity contribution < 1.29 is 4.74 Å². The highest BCUT2D eigenvalue weighted by Gasteiger charge is 2.09. The molecule has 0 bridgehead atoms. The van der Waals surface area contributed by atoms with E-state index in [0.717, 1.165) is 35.0 Å². The SMILES string of the molecule is CCNC(C)c1ccc(OCCc2ccccn2)cc1Cl. The van der Waals surface area contributed by atoms with Crippen molar-refractivity contribution in [2.24, 2.45) is 0 Å². The van der Waals surface area contributed by atoms with Gasteiger partial charge in [-0.3, -0.25) is 4.98 Å². The van der Waals surface area contributed by atoms with Crippen LogP contribution >= 0.6 is 11.6 Å². The summed E-state index contributed by atoms with van der Waals surface area (Å²) in [6.45, 7) is 5.70. The molecule has 0 aliphatic carbocycles. The maximum Gasteiger partial charge on any atom is 0.120 e. The Labute approximate surface area is 131 Å². The second-order valence-electron chi connectivity index (χ2n) is 4.88. The minimum atomic E-state index is 0.241. The van der Waals surface area contributed by atoms with E-state index in [1.807, 2.05) is 36.4 Å². The highest BCUT2D eigenvalue weighted by Crippen LogP contribution is 2.27. The summed E-state index contributed by atoms with van der Waals surface area (Å²) in [5.74, 6) is 0.795. The van der Waals surface area contributed by atoms with Crippen LogP contribution in [0.5, 0.6) is 5.75 Å². The standard InChI is InChI=1S/C17H21ClN2O/c1-3-19-13(2)16-8-7-15(12-17(16)18)21-11-9-14-6-4-5-10-20-14/h4-8,10,12-13,19H,3,9,11H2,1-2H3. The lowest BCUT2D eigenvalue weighted by molar-refractivity contribution is 0.320. The Kier molecular flexibility index (Phi) is 6.03. The molecule has 2 aromatic rings. The lowest BCUT2D eigenvalue weighted by Gasteiger charge is -2.15. The zero-order valence-corrected chi connectivity index (χ0v) is 13.2. The van der Waals surface area contributed by atoms with E-state index in [1.165, 1.54) is 0 Å². The summed E-state index contributed by atoms with van der Waals surface area (Å²) in [6.07, 6.45) is 2.58. The minimum Gasteiger partial charge on any atom is -0.493 e. The molecular formula is C17H21ClN2O. The van der Waals surface area contributed by atoms with Gasteiger partial charge in [0.15, 0.2) is 0 Å². The maximum atomic E-state index is 6.32. The van der Waals surface area contributed by atoms with Crippen molar-refractivity contribution in [3.8, 4) is 5.75 Å². The summed E-state index contributed by atoms with van der Waals surface area (Å²) in [6, 6.07) is 12.0. The highest BCUT2D eigenvalue weighted by molar-refractivity contribution is 6.31. The van der Waals surface area contributed by atoms with Crippen LogP contribution in [0.15, 0.2) is 42.6 Å². The first kappa shape index (κ1) is 15.8. The van der Waals surface area contributed by atoms with Gasteiger partial charge in [0.25, 0.3) is 0 Å². The van der Waals surface area contributed by atoms with Gasteiger partial charge < -0.3 is 10.1 Å². The quantitative estimate of drug-likeness (QED) is 0.838. The van der Waals surface area contributed by atoms with E-state index >= 15 is 0 Å². The molecular weight excluding hydrogens is 284 g/mol. The van der Waals surface area contributed by atoms with Gasteiger partial charge in [-0.25, -0.2) is 0 Å². The first-order chi connectivity index (χ1) is 10.2. The molecule has 2 rings (SSSR count). The van der Waals surface area contributed by atoms with Crippen LogP contribution in [-0.2, 0) is 6.42 Å². The summed E-state index contributed by atoms with van der Waals surface area (Å²) >= 11 is 6.32. The molecule has 1 N–H and O–H groups in total. The fraction of sp³-hybridized carbons (Fsp3) is 0.353. The average molecular weight is 305 g/mol. The largest absolute Gasteiger partial charge is 0.493 e. The molecule has 21 heavy (non-hydrogen) atoms. The second kappa shape index (κ2) is 8.01. The minimum absolute atomic E-state index is 0.241. The number of benzene rings is 1. The molecule has 0 fully saturated rings. The Morgan fingerprint density at radius 3 is 2.81 bits per heavy atom. The first-order valence-corrected chi connectivity index (χ1v) is 7.64. The van der Waals surface area contributed by atoms with Crippen LogP contribution in [0.25, 0.3) is 0 Å². The van der Waals surface area contributed by atoms with Gasteiger partial charge in [-0.1, -0.05) is 30.7 Å². The summed E-state index contributed by atoms with van der Waals surface area (Å²) < 4.78 is 5.74. The zero-order chi connectivity index (χ0) is 15.1. The van der Waals surface area contributed by atoms with Crippen molar-refractivity contribution in [3.05, 3.63) is 58.9 Å². The van der Waals surface area contributed by atoms with Crippen molar-refractivity contribution in [1.82, 2.24) is 10.3 Å². The second-order valence-corrected chi connectivity index (χ2v) is 5.29. The van der Waals surface area contributed by atoms with E-state index in [-0.39, 0.29) is 6.04 Å². The third kappa shape index (κ3) is 4.73. The number of pyridine rings is 1. The molecule has 112 valence electrons.